The molecule has 1 atom stereocenters. The number of hydrogen-bond donors (Lipinski definition) is 1. The zero-order valence-electron chi connectivity index (χ0n) is 8.87. The van der Waals surface area contributed by atoms with Gasteiger partial charge in [-0.15, -0.1) is 0 Å². The van der Waals surface area contributed by atoms with Gasteiger partial charge in [0.25, 0.3) is 0 Å². The van der Waals surface area contributed by atoms with Crippen molar-refractivity contribution in [1.82, 2.24) is 0 Å². The summed E-state index contributed by atoms with van der Waals surface area (Å²) in [6.45, 7) is 2.36. The number of ether oxygens (including phenoxy) is 1. The van der Waals surface area contributed by atoms with E-state index in [-0.39, 0.29) is 0 Å². The number of hydrogen-bond acceptors (Lipinski definition) is 3. The maximum absolute atomic E-state index is 9.35. The second-order valence-electron chi connectivity index (χ2n) is 3.21. The van der Waals surface area contributed by atoms with Gasteiger partial charge in [-0.05, 0) is 30.9 Å². The summed E-state index contributed by atoms with van der Waals surface area (Å²) in [6, 6.07) is 5.36. The van der Waals surface area contributed by atoms with E-state index in [9.17, 15) is 5.11 Å². The second kappa shape index (κ2) is 6.26. The quantitative estimate of drug-likeness (QED) is 0.810. The van der Waals surface area contributed by atoms with E-state index in [1.807, 2.05) is 12.3 Å². The van der Waals surface area contributed by atoms with E-state index in [4.69, 9.17) is 16.3 Å². The molecule has 0 aromatic heterocycles. The molecular weight excluding hydrogens is 232 g/mol. The molecule has 2 nitrogen and oxygen atoms in total. The molecule has 0 spiro atoms. The fourth-order valence-electron chi connectivity index (χ4n) is 1.13. The molecule has 0 saturated heterocycles. The van der Waals surface area contributed by atoms with Crippen LogP contribution in [0, 0.1) is 0 Å². The molecular formula is C11H15ClO2S. The summed E-state index contributed by atoms with van der Waals surface area (Å²) in [7, 11) is 0. The molecule has 0 bridgehead atoms. The minimum Gasteiger partial charge on any atom is -0.491 e. The van der Waals surface area contributed by atoms with Crippen LogP contribution < -0.4 is 4.74 Å². The highest BCUT2D eigenvalue weighted by molar-refractivity contribution is 7.98. The van der Waals surface area contributed by atoms with Gasteiger partial charge >= 0.3 is 0 Å². The molecule has 0 heterocycles. The highest BCUT2D eigenvalue weighted by Gasteiger charge is 2.06. The zero-order valence-corrected chi connectivity index (χ0v) is 10.4. The number of halogens is 1. The molecule has 1 unspecified atom stereocenters. The van der Waals surface area contributed by atoms with Gasteiger partial charge in [0.15, 0.2) is 0 Å². The van der Waals surface area contributed by atoms with E-state index in [0.717, 1.165) is 11.3 Å². The van der Waals surface area contributed by atoms with Crippen molar-refractivity contribution in [3.05, 3.63) is 28.8 Å². The average Bonchev–Trinajstić information content (AvgIpc) is 2.20. The van der Waals surface area contributed by atoms with Crippen molar-refractivity contribution in [2.45, 2.75) is 13.0 Å². The molecule has 1 rings (SSSR count). The fraction of sp³-hybridized carbons (Fsp3) is 0.455. The number of aliphatic hydroxyl groups excluding tert-OH is 1. The number of thioether (sulfide) groups is 1. The lowest BCUT2D eigenvalue weighted by molar-refractivity contribution is 0.199. The summed E-state index contributed by atoms with van der Waals surface area (Å²) in [5.74, 6) is 1.62. The van der Waals surface area contributed by atoms with Gasteiger partial charge in [0.1, 0.15) is 5.75 Å². The van der Waals surface area contributed by atoms with Crippen LogP contribution in [0.1, 0.15) is 18.6 Å². The lowest BCUT2D eigenvalue weighted by Crippen LogP contribution is -2.00. The summed E-state index contributed by atoms with van der Waals surface area (Å²) in [6.07, 6.45) is 1.53. The van der Waals surface area contributed by atoms with Crippen LogP contribution in [-0.4, -0.2) is 23.7 Å². The monoisotopic (exact) mass is 246 g/mol. The fourth-order valence-corrected chi connectivity index (χ4v) is 1.62. The minimum absolute atomic E-state index is 0.497. The van der Waals surface area contributed by atoms with Gasteiger partial charge < -0.3 is 9.84 Å². The van der Waals surface area contributed by atoms with Gasteiger partial charge in [-0.3, -0.25) is 0 Å². The molecule has 0 aliphatic rings. The maximum Gasteiger partial charge on any atom is 0.137 e. The van der Waals surface area contributed by atoms with Crippen LogP contribution in [0.25, 0.3) is 0 Å². The van der Waals surface area contributed by atoms with Crippen LogP contribution in [-0.2, 0) is 0 Å². The second-order valence-corrected chi connectivity index (χ2v) is 4.60. The van der Waals surface area contributed by atoms with E-state index < -0.39 is 6.10 Å². The van der Waals surface area contributed by atoms with E-state index in [2.05, 4.69) is 0 Å². The first-order valence-corrected chi connectivity index (χ1v) is 6.51. The molecule has 1 aromatic carbocycles. The van der Waals surface area contributed by atoms with Crippen LogP contribution in [0.15, 0.2) is 18.2 Å². The molecule has 0 radical (unpaired) electrons. The Kier molecular flexibility index (Phi) is 5.29. The van der Waals surface area contributed by atoms with Crippen LogP contribution >= 0.6 is 23.4 Å². The predicted molar refractivity (Wildman–Crippen MR) is 66.0 cm³/mol. The summed E-state index contributed by atoms with van der Waals surface area (Å²) >= 11 is 7.74. The van der Waals surface area contributed by atoms with Crippen molar-refractivity contribution in [2.75, 3.05) is 18.6 Å². The summed E-state index contributed by atoms with van der Waals surface area (Å²) in [4.78, 5) is 0. The summed E-state index contributed by atoms with van der Waals surface area (Å²) < 4.78 is 5.48. The van der Waals surface area contributed by atoms with Crippen molar-refractivity contribution in [3.8, 4) is 5.75 Å². The lowest BCUT2D eigenvalue weighted by Gasteiger charge is -2.10. The Balaban J connectivity index is 2.66. The Morgan fingerprint density at radius 1 is 1.53 bits per heavy atom. The average molecular weight is 247 g/mol. The largest absolute Gasteiger partial charge is 0.491 e. The minimum atomic E-state index is -0.497. The van der Waals surface area contributed by atoms with E-state index >= 15 is 0 Å². The molecule has 1 N–H and O–H groups in total. The first-order chi connectivity index (χ1) is 7.15. The van der Waals surface area contributed by atoms with Gasteiger partial charge in [0.2, 0.25) is 0 Å². The van der Waals surface area contributed by atoms with Crippen LogP contribution in [0.3, 0.4) is 0 Å². The van der Waals surface area contributed by atoms with Crippen molar-refractivity contribution in [2.24, 2.45) is 0 Å². The lowest BCUT2D eigenvalue weighted by atomic mass is 10.1. The van der Waals surface area contributed by atoms with Gasteiger partial charge in [-0.2, -0.15) is 11.8 Å². The van der Waals surface area contributed by atoms with Gasteiger partial charge in [-0.25, -0.2) is 0 Å². The molecule has 1 aromatic rings. The van der Waals surface area contributed by atoms with Gasteiger partial charge in [-0.1, -0.05) is 17.7 Å². The SMILES string of the molecule is CSCCOc1ccc(C(C)O)cc1Cl. The van der Waals surface area contributed by atoms with Crippen LogP contribution in [0.5, 0.6) is 5.75 Å². The molecule has 15 heavy (non-hydrogen) atoms. The predicted octanol–water partition coefficient (Wildman–Crippen LogP) is 3.14. The smallest absolute Gasteiger partial charge is 0.137 e. The number of benzene rings is 1. The highest BCUT2D eigenvalue weighted by Crippen LogP contribution is 2.27. The normalized spacial score (nSPS) is 12.5. The Hall–Kier alpha value is -0.380. The van der Waals surface area contributed by atoms with E-state index in [0.29, 0.717) is 17.4 Å². The van der Waals surface area contributed by atoms with Crippen LogP contribution in [0.2, 0.25) is 5.02 Å². The molecule has 4 heteroatoms. The molecule has 0 fully saturated rings. The Bertz CT molecular complexity index is 315. The van der Waals surface area contributed by atoms with Crippen molar-refractivity contribution in [1.29, 1.82) is 0 Å². The molecule has 0 aliphatic heterocycles. The Labute approximate surface area is 99.6 Å². The van der Waals surface area contributed by atoms with E-state index in [1.54, 1.807) is 30.8 Å². The standard InChI is InChI=1S/C11H15ClO2S/c1-8(13)9-3-4-11(10(12)7-9)14-5-6-15-2/h3-4,7-8,13H,5-6H2,1-2H3. The van der Waals surface area contributed by atoms with Crippen molar-refractivity contribution >= 4 is 23.4 Å². The number of rotatable bonds is 5. The third-order valence-corrected chi connectivity index (χ3v) is 2.85. The highest BCUT2D eigenvalue weighted by atomic mass is 35.5. The Morgan fingerprint density at radius 2 is 2.27 bits per heavy atom. The van der Waals surface area contributed by atoms with Crippen LogP contribution in [0.4, 0.5) is 0 Å². The summed E-state index contributed by atoms with van der Waals surface area (Å²) in [5.41, 5.74) is 0.803. The molecule has 0 amide bonds. The topological polar surface area (TPSA) is 29.5 Å². The third-order valence-electron chi connectivity index (χ3n) is 1.98. The van der Waals surface area contributed by atoms with Gasteiger partial charge in [0.05, 0.1) is 17.7 Å². The van der Waals surface area contributed by atoms with E-state index in [1.165, 1.54) is 0 Å². The molecule has 0 saturated carbocycles. The summed E-state index contributed by atoms with van der Waals surface area (Å²) in [5, 5.41) is 9.90. The van der Waals surface area contributed by atoms with Gasteiger partial charge in [0, 0.05) is 5.75 Å². The van der Waals surface area contributed by atoms with Crippen molar-refractivity contribution < 1.29 is 9.84 Å². The number of aliphatic hydroxyl groups is 1. The molecule has 84 valence electrons. The first kappa shape index (κ1) is 12.7. The first-order valence-electron chi connectivity index (χ1n) is 4.74. The molecule has 0 aliphatic carbocycles. The maximum atomic E-state index is 9.35. The third kappa shape index (κ3) is 3.93. The zero-order chi connectivity index (χ0) is 11.3. The Morgan fingerprint density at radius 3 is 2.80 bits per heavy atom. The van der Waals surface area contributed by atoms with Crippen molar-refractivity contribution in [3.63, 3.8) is 0 Å².